The van der Waals surface area contributed by atoms with Crippen LogP contribution in [0.4, 0.5) is 0 Å². The van der Waals surface area contributed by atoms with Crippen LogP contribution < -0.4 is 5.32 Å². The Kier molecular flexibility index (Phi) is 9.13. The summed E-state index contributed by atoms with van der Waals surface area (Å²) in [5.41, 5.74) is 0. The maximum Gasteiger partial charge on any atom is 0.328 e. The third kappa shape index (κ3) is 7.78. The summed E-state index contributed by atoms with van der Waals surface area (Å²) in [6.45, 7) is 7.27. The molecule has 1 N–H and O–H groups in total. The molecule has 0 aliphatic heterocycles. The van der Waals surface area contributed by atoms with E-state index in [9.17, 15) is 9.59 Å². The van der Waals surface area contributed by atoms with Crippen LogP contribution in [0.2, 0.25) is 0 Å². The number of hydrogen-bond acceptors (Lipinski definition) is 4. The van der Waals surface area contributed by atoms with Gasteiger partial charge in [-0.3, -0.25) is 4.79 Å². The van der Waals surface area contributed by atoms with Gasteiger partial charge < -0.3 is 14.8 Å². The summed E-state index contributed by atoms with van der Waals surface area (Å²) in [6.07, 6.45) is 6.27. The van der Waals surface area contributed by atoms with Crippen LogP contribution in [0.5, 0.6) is 0 Å². The largest absolute Gasteiger partial charge is 0.462 e. The van der Waals surface area contributed by atoms with Crippen molar-refractivity contribution in [1.82, 2.24) is 5.32 Å². The van der Waals surface area contributed by atoms with E-state index in [1.54, 1.807) is 6.92 Å². The Bertz CT molecular complexity index is 338. The minimum atomic E-state index is -0.593. The molecule has 0 radical (unpaired) electrons. The minimum Gasteiger partial charge on any atom is -0.462 e. The van der Waals surface area contributed by atoms with Gasteiger partial charge in [0.25, 0.3) is 0 Å². The lowest BCUT2D eigenvalue weighted by Gasteiger charge is -2.22. The third-order valence-corrected chi connectivity index (χ3v) is 4.00. The van der Waals surface area contributed by atoms with Crippen LogP contribution in [0.25, 0.3) is 0 Å². The van der Waals surface area contributed by atoms with Crippen LogP contribution in [0, 0.1) is 11.8 Å². The molecule has 0 heterocycles. The lowest BCUT2D eigenvalue weighted by atomic mass is 9.88. The molecule has 1 aliphatic carbocycles. The Balaban J connectivity index is 2.12. The Hall–Kier alpha value is -1.10. The zero-order valence-corrected chi connectivity index (χ0v) is 14.2. The van der Waals surface area contributed by atoms with Gasteiger partial charge >= 0.3 is 5.97 Å². The first-order chi connectivity index (χ1) is 10.5. The second-order valence-electron chi connectivity index (χ2n) is 6.53. The average Bonchev–Trinajstić information content (AvgIpc) is 2.50. The third-order valence-electron chi connectivity index (χ3n) is 4.00. The molecule has 1 unspecified atom stereocenters. The Morgan fingerprint density at radius 1 is 1.05 bits per heavy atom. The topological polar surface area (TPSA) is 64.6 Å². The minimum absolute atomic E-state index is 0.0164. The summed E-state index contributed by atoms with van der Waals surface area (Å²) in [4.78, 5) is 23.9. The number of esters is 1. The number of carbonyl (C=O) groups excluding carboxylic acids is 2. The number of hydrogen-bond donors (Lipinski definition) is 1. The number of carbonyl (C=O) groups is 2. The highest BCUT2D eigenvalue weighted by Crippen LogP contribution is 2.23. The van der Waals surface area contributed by atoms with Crippen LogP contribution in [0.15, 0.2) is 0 Å². The Morgan fingerprint density at radius 3 is 2.36 bits per heavy atom. The molecule has 0 aromatic carbocycles. The molecule has 1 amide bonds. The van der Waals surface area contributed by atoms with E-state index in [1.165, 1.54) is 6.42 Å². The normalized spacial score (nSPS) is 17.3. The van der Waals surface area contributed by atoms with E-state index in [0.717, 1.165) is 32.1 Å². The van der Waals surface area contributed by atoms with Crippen molar-refractivity contribution in [2.24, 2.45) is 11.8 Å². The predicted octanol–water partition coefficient (Wildman–Crippen LogP) is 2.68. The fourth-order valence-electron chi connectivity index (χ4n) is 2.50. The quantitative estimate of drug-likeness (QED) is 0.525. The van der Waals surface area contributed by atoms with Crippen LogP contribution in [0.1, 0.15) is 59.3 Å². The van der Waals surface area contributed by atoms with E-state index in [1.807, 2.05) is 0 Å². The Labute approximate surface area is 134 Å². The van der Waals surface area contributed by atoms with Gasteiger partial charge in [-0.1, -0.05) is 33.1 Å². The zero-order chi connectivity index (χ0) is 16.4. The van der Waals surface area contributed by atoms with Crippen LogP contribution in [0.3, 0.4) is 0 Å². The summed E-state index contributed by atoms with van der Waals surface area (Å²) in [7, 11) is 0. The molecule has 0 bridgehead atoms. The summed E-state index contributed by atoms with van der Waals surface area (Å²) >= 11 is 0. The van der Waals surface area contributed by atoms with E-state index in [-0.39, 0.29) is 18.4 Å². The van der Waals surface area contributed by atoms with Gasteiger partial charge in [0.1, 0.15) is 12.6 Å². The lowest BCUT2D eigenvalue weighted by Crippen LogP contribution is -2.43. The van der Waals surface area contributed by atoms with Gasteiger partial charge in [-0.2, -0.15) is 0 Å². The molecule has 0 spiro atoms. The highest BCUT2D eigenvalue weighted by molar-refractivity contribution is 5.85. The zero-order valence-electron chi connectivity index (χ0n) is 14.2. The van der Waals surface area contributed by atoms with Crippen LogP contribution >= 0.6 is 0 Å². The van der Waals surface area contributed by atoms with Crippen molar-refractivity contribution in [3.8, 4) is 0 Å². The molecule has 5 nitrogen and oxygen atoms in total. The van der Waals surface area contributed by atoms with E-state index < -0.39 is 12.0 Å². The van der Waals surface area contributed by atoms with Crippen molar-refractivity contribution < 1.29 is 19.1 Å². The fraction of sp³-hybridized carbons (Fsp3) is 0.882. The first kappa shape index (κ1) is 18.9. The van der Waals surface area contributed by atoms with Gasteiger partial charge in [-0.15, -0.1) is 0 Å². The van der Waals surface area contributed by atoms with E-state index in [2.05, 4.69) is 19.2 Å². The van der Waals surface area contributed by atoms with Crippen molar-refractivity contribution in [1.29, 1.82) is 0 Å². The van der Waals surface area contributed by atoms with E-state index >= 15 is 0 Å². The highest BCUT2D eigenvalue weighted by Gasteiger charge is 2.24. The number of rotatable bonds is 9. The number of amides is 1. The fourth-order valence-corrected chi connectivity index (χ4v) is 2.50. The molecule has 1 saturated carbocycles. The molecule has 1 atom stereocenters. The van der Waals surface area contributed by atoms with Crippen molar-refractivity contribution in [3.63, 3.8) is 0 Å². The van der Waals surface area contributed by atoms with E-state index in [0.29, 0.717) is 19.1 Å². The van der Waals surface area contributed by atoms with Crippen molar-refractivity contribution in [2.75, 3.05) is 19.8 Å². The number of ether oxygens (including phenoxy) is 2. The van der Waals surface area contributed by atoms with Gasteiger partial charge in [0, 0.05) is 12.5 Å². The van der Waals surface area contributed by atoms with Gasteiger partial charge in [-0.25, -0.2) is 4.79 Å². The second kappa shape index (κ2) is 10.6. The van der Waals surface area contributed by atoms with Crippen LogP contribution in [-0.2, 0) is 19.1 Å². The van der Waals surface area contributed by atoms with Crippen molar-refractivity contribution in [2.45, 2.75) is 65.3 Å². The molecule has 0 aromatic rings. The maximum atomic E-state index is 12.0. The van der Waals surface area contributed by atoms with Crippen LogP contribution in [-0.4, -0.2) is 37.7 Å². The molecular weight excluding hydrogens is 282 g/mol. The van der Waals surface area contributed by atoms with E-state index in [4.69, 9.17) is 9.47 Å². The molecule has 1 fully saturated rings. The standard InChI is InChI=1S/C17H31NO4/c1-13(2)9-10-21-11-12-22-17(20)14(3)18-16(19)15-7-5-4-6-8-15/h13-15H,4-12H2,1-3H3,(H,18,19). The molecule has 22 heavy (non-hydrogen) atoms. The molecule has 1 rings (SSSR count). The Morgan fingerprint density at radius 2 is 1.73 bits per heavy atom. The second-order valence-corrected chi connectivity index (χ2v) is 6.53. The van der Waals surface area contributed by atoms with Gasteiger partial charge in [0.05, 0.1) is 6.61 Å². The summed E-state index contributed by atoms with van der Waals surface area (Å²) in [6, 6.07) is -0.593. The summed E-state index contributed by atoms with van der Waals surface area (Å²) in [5, 5.41) is 2.76. The molecule has 128 valence electrons. The summed E-state index contributed by atoms with van der Waals surface area (Å²) in [5.74, 6) is 0.259. The average molecular weight is 313 g/mol. The molecule has 1 aliphatic rings. The maximum absolute atomic E-state index is 12.0. The molecular formula is C17H31NO4. The van der Waals surface area contributed by atoms with Gasteiger partial charge in [-0.05, 0) is 32.1 Å². The van der Waals surface area contributed by atoms with Crippen molar-refractivity contribution in [3.05, 3.63) is 0 Å². The van der Waals surface area contributed by atoms with Gasteiger partial charge in [0.15, 0.2) is 0 Å². The smallest absolute Gasteiger partial charge is 0.328 e. The SMILES string of the molecule is CC(C)CCOCCOC(=O)C(C)NC(=O)C1CCCCC1. The monoisotopic (exact) mass is 313 g/mol. The lowest BCUT2D eigenvalue weighted by molar-refractivity contribution is -0.149. The first-order valence-corrected chi connectivity index (χ1v) is 8.55. The first-order valence-electron chi connectivity index (χ1n) is 8.55. The predicted molar refractivity (Wildman–Crippen MR) is 85.4 cm³/mol. The van der Waals surface area contributed by atoms with Gasteiger partial charge in [0.2, 0.25) is 5.91 Å². The molecule has 5 heteroatoms. The highest BCUT2D eigenvalue weighted by atomic mass is 16.6. The van der Waals surface area contributed by atoms with Crippen molar-refractivity contribution >= 4 is 11.9 Å². The molecule has 0 saturated heterocycles. The summed E-state index contributed by atoms with van der Waals surface area (Å²) < 4.78 is 10.5. The molecule has 0 aromatic heterocycles. The number of nitrogens with one attached hydrogen (secondary N) is 1.